The molecule has 1 aliphatic heterocycles. The van der Waals surface area contributed by atoms with Gasteiger partial charge >= 0.3 is 11.8 Å². The Hall–Kier alpha value is -2.80. The van der Waals surface area contributed by atoms with Crippen molar-refractivity contribution in [3.05, 3.63) is 75.1 Å². The zero-order valence-corrected chi connectivity index (χ0v) is 18.2. The number of nitrogens with zero attached hydrogens (tertiary/aromatic N) is 1. The molecule has 0 spiro atoms. The van der Waals surface area contributed by atoms with Gasteiger partial charge in [0.1, 0.15) is 11.3 Å². The second kappa shape index (κ2) is 8.98. The highest BCUT2D eigenvalue weighted by molar-refractivity contribution is 5.82. The van der Waals surface area contributed by atoms with Crippen LogP contribution >= 0.6 is 0 Å². The van der Waals surface area contributed by atoms with Gasteiger partial charge in [-0.15, -0.1) is 0 Å². The standard InChI is InChI=1S/C25H26F3NO3/c1-16-17(2)24(30)32-23-13-21(6-7-22(16)23)31-15-18-8-10-29(11-9-18)14-19-4-3-5-20(12-19)25(26,27)28/h3-7,12-13,18H,8-11,14-15H2,1-2H3. The fourth-order valence-electron chi connectivity index (χ4n) is 4.15. The average molecular weight is 445 g/mol. The number of hydrogen-bond acceptors (Lipinski definition) is 4. The highest BCUT2D eigenvalue weighted by Crippen LogP contribution is 2.30. The van der Waals surface area contributed by atoms with E-state index in [1.807, 2.05) is 19.1 Å². The third-order valence-electron chi connectivity index (χ3n) is 6.28. The molecule has 1 aromatic heterocycles. The quantitative estimate of drug-likeness (QED) is 0.471. The average Bonchev–Trinajstić information content (AvgIpc) is 2.76. The first kappa shape index (κ1) is 22.4. The van der Waals surface area contributed by atoms with Crippen LogP contribution in [0, 0.1) is 19.8 Å². The van der Waals surface area contributed by atoms with Crippen LogP contribution in [0.5, 0.6) is 5.75 Å². The molecule has 1 fully saturated rings. The number of benzene rings is 2. The van der Waals surface area contributed by atoms with E-state index in [1.165, 1.54) is 12.1 Å². The number of ether oxygens (including phenoxy) is 1. The van der Waals surface area contributed by atoms with Gasteiger partial charge in [0.25, 0.3) is 0 Å². The Bertz CT molecular complexity index is 1160. The van der Waals surface area contributed by atoms with Gasteiger partial charge in [-0.1, -0.05) is 18.2 Å². The number of fused-ring (bicyclic) bond motifs is 1. The third-order valence-corrected chi connectivity index (χ3v) is 6.28. The zero-order valence-electron chi connectivity index (χ0n) is 18.2. The molecule has 170 valence electrons. The molecule has 3 aromatic rings. The van der Waals surface area contributed by atoms with Crippen molar-refractivity contribution in [2.45, 2.75) is 39.4 Å². The molecule has 7 heteroatoms. The number of alkyl halides is 3. The third kappa shape index (κ3) is 4.99. The SMILES string of the molecule is Cc1c(C)c2ccc(OCC3CCN(Cc4cccc(C(F)(F)F)c4)CC3)cc2oc1=O. The second-order valence-corrected chi connectivity index (χ2v) is 8.53. The van der Waals surface area contributed by atoms with Crippen LogP contribution in [0.3, 0.4) is 0 Å². The lowest BCUT2D eigenvalue weighted by Gasteiger charge is -2.32. The van der Waals surface area contributed by atoms with Gasteiger partial charge < -0.3 is 9.15 Å². The first-order chi connectivity index (χ1) is 15.2. The molecule has 4 nitrogen and oxygen atoms in total. The molecule has 0 unspecified atom stereocenters. The van der Waals surface area contributed by atoms with E-state index in [9.17, 15) is 18.0 Å². The molecule has 0 N–H and O–H groups in total. The van der Waals surface area contributed by atoms with Crippen LogP contribution in [-0.2, 0) is 12.7 Å². The number of piperidine rings is 1. The number of hydrogen-bond donors (Lipinski definition) is 0. The molecule has 4 rings (SSSR count). The molecule has 1 aliphatic rings. The van der Waals surface area contributed by atoms with Crippen molar-refractivity contribution in [3.8, 4) is 5.75 Å². The molecule has 32 heavy (non-hydrogen) atoms. The summed E-state index contributed by atoms with van der Waals surface area (Å²) in [6.07, 6.45) is -2.48. The Kier molecular flexibility index (Phi) is 6.29. The highest BCUT2D eigenvalue weighted by Gasteiger charge is 2.30. The van der Waals surface area contributed by atoms with Crippen LogP contribution < -0.4 is 10.4 Å². The van der Waals surface area contributed by atoms with Crippen molar-refractivity contribution >= 4 is 11.0 Å². The van der Waals surface area contributed by atoms with Crippen molar-refractivity contribution in [1.82, 2.24) is 4.90 Å². The van der Waals surface area contributed by atoms with Gasteiger partial charge in [0.05, 0.1) is 12.2 Å². The maximum Gasteiger partial charge on any atom is 0.416 e. The van der Waals surface area contributed by atoms with E-state index in [4.69, 9.17) is 9.15 Å². The summed E-state index contributed by atoms with van der Waals surface area (Å²) in [5.41, 5.74) is 1.79. The smallest absolute Gasteiger partial charge is 0.416 e. The van der Waals surface area contributed by atoms with E-state index in [0.29, 0.717) is 41.5 Å². The monoisotopic (exact) mass is 445 g/mol. The molecular weight excluding hydrogens is 419 g/mol. The minimum atomic E-state index is -4.32. The fraction of sp³-hybridized carbons (Fsp3) is 0.400. The number of rotatable bonds is 5. The fourth-order valence-corrected chi connectivity index (χ4v) is 4.15. The summed E-state index contributed by atoms with van der Waals surface area (Å²) in [7, 11) is 0. The number of likely N-dealkylation sites (tertiary alicyclic amines) is 1. The van der Waals surface area contributed by atoms with Crippen LogP contribution in [0.2, 0.25) is 0 Å². The molecule has 0 radical (unpaired) electrons. The van der Waals surface area contributed by atoms with Gasteiger partial charge in [0.2, 0.25) is 0 Å². The van der Waals surface area contributed by atoms with Gasteiger partial charge in [-0.3, -0.25) is 4.90 Å². The van der Waals surface area contributed by atoms with Gasteiger partial charge in [0, 0.05) is 23.6 Å². The van der Waals surface area contributed by atoms with Crippen molar-refractivity contribution in [2.75, 3.05) is 19.7 Å². The lowest BCUT2D eigenvalue weighted by molar-refractivity contribution is -0.137. The molecule has 0 saturated carbocycles. The van der Waals surface area contributed by atoms with Gasteiger partial charge in [0.15, 0.2) is 0 Å². The maximum atomic E-state index is 12.9. The molecule has 0 bridgehead atoms. The predicted molar refractivity (Wildman–Crippen MR) is 117 cm³/mol. The maximum absolute atomic E-state index is 12.9. The molecule has 2 heterocycles. The van der Waals surface area contributed by atoms with Crippen molar-refractivity contribution in [3.63, 3.8) is 0 Å². The first-order valence-electron chi connectivity index (χ1n) is 10.8. The van der Waals surface area contributed by atoms with Crippen LogP contribution in [0.15, 0.2) is 51.7 Å². The molecule has 0 atom stereocenters. The Labute approximate surface area is 184 Å². The Morgan fingerprint density at radius 3 is 2.53 bits per heavy atom. The Morgan fingerprint density at radius 1 is 1.06 bits per heavy atom. The highest BCUT2D eigenvalue weighted by atomic mass is 19.4. The van der Waals surface area contributed by atoms with Crippen LogP contribution in [0.25, 0.3) is 11.0 Å². The van der Waals surface area contributed by atoms with Gasteiger partial charge in [-0.05, 0) is 75.0 Å². The van der Waals surface area contributed by atoms with Crippen LogP contribution in [0.4, 0.5) is 13.2 Å². The first-order valence-corrected chi connectivity index (χ1v) is 10.8. The number of halogens is 3. The van der Waals surface area contributed by atoms with E-state index in [1.54, 1.807) is 19.1 Å². The molecule has 2 aromatic carbocycles. The lowest BCUT2D eigenvalue weighted by Crippen LogP contribution is -2.35. The van der Waals surface area contributed by atoms with E-state index < -0.39 is 11.7 Å². The van der Waals surface area contributed by atoms with E-state index in [0.717, 1.165) is 42.9 Å². The summed E-state index contributed by atoms with van der Waals surface area (Å²) in [4.78, 5) is 14.1. The summed E-state index contributed by atoms with van der Waals surface area (Å²) in [5.74, 6) is 1.03. The van der Waals surface area contributed by atoms with E-state index in [2.05, 4.69) is 4.90 Å². The topological polar surface area (TPSA) is 42.7 Å². The van der Waals surface area contributed by atoms with Gasteiger partial charge in [-0.25, -0.2) is 4.79 Å². The van der Waals surface area contributed by atoms with Crippen LogP contribution in [-0.4, -0.2) is 24.6 Å². The summed E-state index contributed by atoms with van der Waals surface area (Å²) in [5, 5.41) is 0.900. The molecule has 0 amide bonds. The Balaban J connectivity index is 1.31. The van der Waals surface area contributed by atoms with Crippen molar-refractivity contribution in [2.24, 2.45) is 5.92 Å². The van der Waals surface area contributed by atoms with E-state index in [-0.39, 0.29) is 5.63 Å². The summed E-state index contributed by atoms with van der Waals surface area (Å²) in [6.45, 7) is 6.36. The molecule has 0 aliphatic carbocycles. The van der Waals surface area contributed by atoms with Gasteiger partial charge in [-0.2, -0.15) is 13.2 Å². The van der Waals surface area contributed by atoms with Crippen molar-refractivity contribution < 1.29 is 22.3 Å². The molecular formula is C25H26F3NO3. The Morgan fingerprint density at radius 2 is 1.81 bits per heavy atom. The molecule has 1 saturated heterocycles. The second-order valence-electron chi connectivity index (χ2n) is 8.53. The normalized spacial score (nSPS) is 15.9. The summed E-state index contributed by atoms with van der Waals surface area (Å²) >= 11 is 0. The van der Waals surface area contributed by atoms with Crippen LogP contribution in [0.1, 0.15) is 35.1 Å². The minimum Gasteiger partial charge on any atom is -0.493 e. The largest absolute Gasteiger partial charge is 0.493 e. The lowest BCUT2D eigenvalue weighted by atomic mass is 9.97. The zero-order chi connectivity index (χ0) is 22.9. The predicted octanol–water partition coefficient (Wildman–Crippen LogP) is 5.72. The summed E-state index contributed by atoms with van der Waals surface area (Å²) < 4.78 is 50.1. The summed E-state index contributed by atoms with van der Waals surface area (Å²) in [6, 6.07) is 11.1. The van der Waals surface area contributed by atoms with E-state index >= 15 is 0 Å². The number of aryl methyl sites for hydroxylation is 1. The minimum absolute atomic E-state index is 0.333. The van der Waals surface area contributed by atoms with Crippen molar-refractivity contribution in [1.29, 1.82) is 0 Å².